The molecule has 16 heavy (non-hydrogen) atoms. The number of aromatic nitrogens is 1. The molecule has 1 fully saturated rings. The molecule has 0 aliphatic heterocycles. The van der Waals surface area contributed by atoms with Crippen LogP contribution in [-0.2, 0) is 0 Å². The van der Waals surface area contributed by atoms with E-state index >= 15 is 0 Å². The Morgan fingerprint density at radius 3 is 2.75 bits per heavy atom. The molecule has 1 aromatic rings. The van der Waals surface area contributed by atoms with E-state index in [-0.39, 0.29) is 5.91 Å². The number of nitrogens with zero attached hydrogens (tertiary/aromatic N) is 1. The fourth-order valence-corrected chi connectivity index (χ4v) is 2.38. The Labute approximate surface area is 104 Å². The molecule has 1 aliphatic carbocycles. The summed E-state index contributed by atoms with van der Waals surface area (Å²) in [4.78, 5) is 16.0. The molecule has 1 aromatic heterocycles. The zero-order chi connectivity index (χ0) is 11.4. The predicted molar refractivity (Wildman–Crippen MR) is 66.3 cm³/mol. The fourth-order valence-electron chi connectivity index (χ4n) is 2.04. The molecule has 1 heterocycles. The van der Waals surface area contributed by atoms with Crippen molar-refractivity contribution in [2.24, 2.45) is 0 Å². The van der Waals surface area contributed by atoms with E-state index < -0.39 is 0 Å². The van der Waals surface area contributed by atoms with Gasteiger partial charge in [0.25, 0.3) is 5.91 Å². The number of carbonyl (C=O) groups excluding carboxylic acids is 1. The molecule has 3 nitrogen and oxygen atoms in total. The number of rotatable bonds is 2. The molecule has 0 bridgehead atoms. The van der Waals surface area contributed by atoms with Gasteiger partial charge in [0.1, 0.15) is 10.3 Å². The van der Waals surface area contributed by atoms with E-state index in [0.29, 0.717) is 16.3 Å². The SMILES string of the molecule is O=C(NC1CCCCC1)c1cccc(Br)n1. The standard InChI is InChI=1S/C12H15BrN2O/c13-11-8-4-7-10(15-11)12(16)14-9-5-2-1-3-6-9/h4,7-9H,1-3,5-6H2,(H,14,16). The van der Waals surface area contributed by atoms with Crippen molar-refractivity contribution in [3.05, 3.63) is 28.5 Å². The highest BCUT2D eigenvalue weighted by Gasteiger charge is 2.17. The van der Waals surface area contributed by atoms with E-state index in [1.165, 1.54) is 19.3 Å². The second-order valence-corrected chi connectivity index (χ2v) is 4.97. The number of pyridine rings is 1. The summed E-state index contributed by atoms with van der Waals surface area (Å²) < 4.78 is 0.698. The number of nitrogens with one attached hydrogen (secondary N) is 1. The molecule has 86 valence electrons. The maximum atomic E-state index is 11.9. The first-order valence-electron chi connectivity index (χ1n) is 5.69. The molecule has 4 heteroatoms. The molecule has 0 spiro atoms. The lowest BCUT2D eigenvalue weighted by molar-refractivity contribution is 0.0922. The Morgan fingerprint density at radius 1 is 1.31 bits per heavy atom. The molecule has 0 aromatic carbocycles. The predicted octanol–water partition coefficient (Wildman–Crippen LogP) is 2.91. The van der Waals surface area contributed by atoms with Crippen molar-refractivity contribution < 1.29 is 4.79 Å². The molecule has 0 unspecified atom stereocenters. The minimum absolute atomic E-state index is 0.0619. The third-order valence-corrected chi connectivity index (χ3v) is 3.33. The fraction of sp³-hybridized carbons (Fsp3) is 0.500. The first kappa shape index (κ1) is 11.6. The number of amides is 1. The highest BCUT2D eigenvalue weighted by molar-refractivity contribution is 9.10. The van der Waals surface area contributed by atoms with Gasteiger partial charge in [-0.2, -0.15) is 0 Å². The smallest absolute Gasteiger partial charge is 0.270 e. The van der Waals surface area contributed by atoms with E-state index in [1.807, 2.05) is 12.1 Å². The van der Waals surface area contributed by atoms with Gasteiger partial charge in [-0.1, -0.05) is 25.3 Å². The summed E-state index contributed by atoms with van der Waals surface area (Å²) in [5.74, 6) is -0.0619. The van der Waals surface area contributed by atoms with E-state index in [1.54, 1.807) is 6.07 Å². The van der Waals surface area contributed by atoms with Crippen molar-refractivity contribution >= 4 is 21.8 Å². The topological polar surface area (TPSA) is 42.0 Å². The van der Waals surface area contributed by atoms with Gasteiger partial charge in [-0.3, -0.25) is 4.79 Å². The Balaban J connectivity index is 1.97. The Bertz CT molecular complexity index is 375. The summed E-state index contributed by atoms with van der Waals surface area (Å²) >= 11 is 3.26. The molecule has 1 aliphatic rings. The van der Waals surface area contributed by atoms with Gasteiger partial charge in [0.2, 0.25) is 0 Å². The third-order valence-electron chi connectivity index (χ3n) is 2.89. The van der Waals surface area contributed by atoms with Crippen molar-refractivity contribution in [3.63, 3.8) is 0 Å². The Morgan fingerprint density at radius 2 is 2.06 bits per heavy atom. The van der Waals surface area contributed by atoms with Gasteiger partial charge in [0.15, 0.2) is 0 Å². The molecule has 2 rings (SSSR count). The van der Waals surface area contributed by atoms with Gasteiger partial charge in [0.05, 0.1) is 0 Å². The summed E-state index contributed by atoms with van der Waals surface area (Å²) in [6, 6.07) is 5.72. The van der Waals surface area contributed by atoms with Crippen molar-refractivity contribution in [1.29, 1.82) is 0 Å². The second kappa shape index (κ2) is 5.43. The van der Waals surface area contributed by atoms with Crippen LogP contribution in [0.25, 0.3) is 0 Å². The molecule has 0 saturated heterocycles. The number of halogens is 1. The zero-order valence-corrected chi connectivity index (χ0v) is 10.7. The maximum Gasteiger partial charge on any atom is 0.270 e. The molecular weight excluding hydrogens is 268 g/mol. The Hall–Kier alpha value is -0.900. The molecule has 1 amide bonds. The van der Waals surface area contributed by atoms with Crippen LogP contribution in [0.5, 0.6) is 0 Å². The van der Waals surface area contributed by atoms with Crippen molar-refractivity contribution in [1.82, 2.24) is 10.3 Å². The molecule has 0 radical (unpaired) electrons. The average molecular weight is 283 g/mol. The minimum Gasteiger partial charge on any atom is -0.348 e. The van der Waals surface area contributed by atoms with Gasteiger partial charge >= 0.3 is 0 Å². The van der Waals surface area contributed by atoms with Crippen molar-refractivity contribution in [2.75, 3.05) is 0 Å². The Kier molecular flexibility index (Phi) is 3.93. The summed E-state index contributed by atoms with van der Waals surface area (Å²) in [7, 11) is 0. The van der Waals surface area contributed by atoms with Crippen LogP contribution in [-0.4, -0.2) is 16.9 Å². The lowest BCUT2D eigenvalue weighted by Crippen LogP contribution is -2.36. The van der Waals surface area contributed by atoms with Gasteiger partial charge in [-0.15, -0.1) is 0 Å². The van der Waals surface area contributed by atoms with Gasteiger partial charge in [-0.25, -0.2) is 4.98 Å². The number of carbonyl (C=O) groups is 1. The summed E-state index contributed by atoms with van der Waals surface area (Å²) in [5.41, 5.74) is 0.486. The van der Waals surface area contributed by atoms with Gasteiger partial charge < -0.3 is 5.32 Å². The number of hydrogen-bond acceptors (Lipinski definition) is 2. The summed E-state index contributed by atoms with van der Waals surface area (Å²) in [6.45, 7) is 0. The first-order valence-corrected chi connectivity index (χ1v) is 6.48. The maximum absolute atomic E-state index is 11.9. The lowest BCUT2D eigenvalue weighted by Gasteiger charge is -2.22. The van der Waals surface area contributed by atoms with Crippen LogP contribution in [0.1, 0.15) is 42.6 Å². The van der Waals surface area contributed by atoms with Crippen LogP contribution < -0.4 is 5.32 Å². The van der Waals surface area contributed by atoms with Crippen molar-refractivity contribution in [2.45, 2.75) is 38.1 Å². The lowest BCUT2D eigenvalue weighted by atomic mass is 9.95. The monoisotopic (exact) mass is 282 g/mol. The largest absolute Gasteiger partial charge is 0.348 e. The average Bonchev–Trinajstić information content (AvgIpc) is 2.30. The van der Waals surface area contributed by atoms with Crippen LogP contribution in [0.15, 0.2) is 22.8 Å². The molecule has 1 saturated carbocycles. The van der Waals surface area contributed by atoms with E-state index in [2.05, 4.69) is 26.2 Å². The van der Waals surface area contributed by atoms with Crippen molar-refractivity contribution in [3.8, 4) is 0 Å². The third kappa shape index (κ3) is 3.04. The van der Waals surface area contributed by atoms with Gasteiger partial charge in [-0.05, 0) is 40.9 Å². The van der Waals surface area contributed by atoms with Crippen LogP contribution in [0.4, 0.5) is 0 Å². The molecular formula is C12H15BrN2O. The van der Waals surface area contributed by atoms with Crippen LogP contribution >= 0.6 is 15.9 Å². The highest BCUT2D eigenvalue weighted by Crippen LogP contribution is 2.17. The minimum atomic E-state index is -0.0619. The van der Waals surface area contributed by atoms with E-state index in [9.17, 15) is 4.79 Å². The number of hydrogen-bond donors (Lipinski definition) is 1. The normalized spacial score (nSPS) is 17.1. The van der Waals surface area contributed by atoms with E-state index in [0.717, 1.165) is 12.8 Å². The summed E-state index contributed by atoms with van der Waals surface area (Å²) in [5, 5.41) is 3.04. The highest BCUT2D eigenvalue weighted by atomic mass is 79.9. The second-order valence-electron chi connectivity index (χ2n) is 4.15. The van der Waals surface area contributed by atoms with Crippen LogP contribution in [0.3, 0.4) is 0 Å². The zero-order valence-electron chi connectivity index (χ0n) is 9.08. The molecule has 1 N–H and O–H groups in total. The van der Waals surface area contributed by atoms with Crippen LogP contribution in [0, 0.1) is 0 Å². The molecule has 0 atom stereocenters. The van der Waals surface area contributed by atoms with Gasteiger partial charge in [0, 0.05) is 6.04 Å². The van der Waals surface area contributed by atoms with E-state index in [4.69, 9.17) is 0 Å². The summed E-state index contributed by atoms with van der Waals surface area (Å²) in [6.07, 6.45) is 5.93. The quantitative estimate of drug-likeness (QED) is 0.848. The first-order chi connectivity index (χ1) is 7.75. The van der Waals surface area contributed by atoms with Crippen LogP contribution in [0.2, 0.25) is 0 Å².